The van der Waals surface area contributed by atoms with E-state index in [-0.39, 0.29) is 30.0 Å². The van der Waals surface area contributed by atoms with Crippen LogP contribution in [0.15, 0.2) is 60.1 Å². The zero-order chi connectivity index (χ0) is 24.4. The third-order valence-corrected chi connectivity index (χ3v) is 7.88. The lowest BCUT2D eigenvalue weighted by molar-refractivity contribution is 0.0714. The molecule has 1 fully saturated rings. The van der Waals surface area contributed by atoms with Crippen LogP contribution in [-0.2, 0) is 17.8 Å². The second kappa shape index (κ2) is 11.6. The first-order valence-electron chi connectivity index (χ1n) is 12.0. The van der Waals surface area contributed by atoms with Gasteiger partial charge in [0.05, 0.1) is 12.2 Å². The first-order chi connectivity index (χ1) is 17.1. The van der Waals surface area contributed by atoms with Crippen molar-refractivity contribution in [1.29, 1.82) is 0 Å². The number of amides is 1. The van der Waals surface area contributed by atoms with E-state index in [0.717, 1.165) is 50.9 Å². The number of fused-ring (bicyclic) bond motifs is 1. The molecule has 2 N–H and O–H groups in total. The summed E-state index contributed by atoms with van der Waals surface area (Å²) in [5, 5.41) is 3.04. The lowest BCUT2D eigenvalue weighted by atomic mass is 9.88. The molecule has 0 saturated carbocycles. The van der Waals surface area contributed by atoms with Gasteiger partial charge in [0.2, 0.25) is 0 Å². The molecule has 8 heteroatoms. The Hall–Kier alpha value is -2.71. The number of carbonyl (C=O) groups is 1. The first kappa shape index (κ1) is 26.4. The Morgan fingerprint density at radius 2 is 1.97 bits per heavy atom. The van der Waals surface area contributed by atoms with Crippen LogP contribution in [0.1, 0.15) is 40.2 Å². The molecule has 0 bridgehead atoms. The molecular formula is C28H31ClFN3O2S. The molecule has 0 atom stereocenters. The van der Waals surface area contributed by atoms with Crippen molar-refractivity contribution in [2.45, 2.75) is 31.8 Å². The summed E-state index contributed by atoms with van der Waals surface area (Å²) < 4.78 is 22.0. The van der Waals surface area contributed by atoms with Gasteiger partial charge < -0.3 is 19.9 Å². The zero-order valence-corrected chi connectivity index (χ0v) is 21.9. The summed E-state index contributed by atoms with van der Waals surface area (Å²) in [5.74, 6) is -0.0612. The summed E-state index contributed by atoms with van der Waals surface area (Å²) in [4.78, 5) is 16.9. The van der Waals surface area contributed by atoms with Crippen LogP contribution in [0, 0.1) is 5.82 Å². The highest BCUT2D eigenvalue weighted by atomic mass is 35.5. The number of halogens is 2. The predicted octanol–water partition coefficient (Wildman–Crippen LogP) is 6.06. The van der Waals surface area contributed by atoms with E-state index >= 15 is 0 Å². The molecule has 0 unspecified atom stereocenters. The monoisotopic (exact) mass is 527 g/mol. The van der Waals surface area contributed by atoms with Crippen LogP contribution in [0.25, 0.3) is 21.3 Å². The molecule has 36 heavy (non-hydrogen) atoms. The number of likely N-dealkylation sites (tertiary alicyclic amines) is 1. The summed E-state index contributed by atoms with van der Waals surface area (Å²) in [7, 11) is 1.69. The molecule has 5 nitrogen and oxygen atoms in total. The molecule has 1 saturated heterocycles. The van der Waals surface area contributed by atoms with Crippen LogP contribution in [0.4, 0.5) is 4.39 Å². The van der Waals surface area contributed by atoms with Crippen LogP contribution >= 0.6 is 23.7 Å². The number of aromatic nitrogens is 1. The highest BCUT2D eigenvalue weighted by Gasteiger charge is 2.29. The Bertz CT molecular complexity index is 1330. The largest absolute Gasteiger partial charge is 0.383 e. The molecule has 2 aromatic heterocycles. The smallest absolute Gasteiger partial charge is 0.256 e. The normalized spacial score (nSPS) is 14.2. The molecule has 3 heterocycles. The Balaban J connectivity index is 0.00000304. The van der Waals surface area contributed by atoms with Crippen molar-refractivity contribution in [3.05, 3.63) is 82.6 Å². The van der Waals surface area contributed by atoms with E-state index in [1.54, 1.807) is 24.5 Å². The third kappa shape index (κ3) is 5.06. The van der Waals surface area contributed by atoms with Crippen molar-refractivity contribution in [3.63, 3.8) is 0 Å². The van der Waals surface area contributed by atoms with E-state index in [9.17, 15) is 9.18 Å². The number of ether oxygens (including phenoxy) is 1. The summed E-state index contributed by atoms with van der Waals surface area (Å²) in [6.45, 7) is 2.83. The van der Waals surface area contributed by atoms with E-state index in [4.69, 9.17) is 10.5 Å². The van der Waals surface area contributed by atoms with Crippen molar-refractivity contribution < 1.29 is 13.9 Å². The zero-order valence-electron chi connectivity index (χ0n) is 20.3. The molecule has 4 aromatic rings. The van der Waals surface area contributed by atoms with Gasteiger partial charge in [-0.2, -0.15) is 0 Å². The number of hydrogen-bond acceptors (Lipinski definition) is 4. The van der Waals surface area contributed by atoms with Crippen LogP contribution in [-0.4, -0.2) is 42.2 Å². The summed E-state index contributed by atoms with van der Waals surface area (Å²) in [5.41, 5.74) is 10.2. The van der Waals surface area contributed by atoms with Gasteiger partial charge in [0, 0.05) is 60.8 Å². The van der Waals surface area contributed by atoms with Gasteiger partial charge in [-0.05, 0) is 53.5 Å². The van der Waals surface area contributed by atoms with Gasteiger partial charge in [-0.25, -0.2) is 4.39 Å². The minimum atomic E-state index is -0.186. The standard InChI is InChI=1S/C28H30FN3O2S.ClH/c1-34-14-13-32-18-23(27-21(4-2-5-25(27)32)26-6-3-15-35-26)28(33)31-11-9-20(10-12-31)22-16-19(17-30)7-8-24(22)29;/h2-8,15-16,18,20H,9-14,17,30H2,1H3;1H. The van der Waals surface area contributed by atoms with Crippen molar-refractivity contribution in [1.82, 2.24) is 9.47 Å². The molecule has 1 aliphatic rings. The van der Waals surface area contributed by atoms with E-state index in [2.05, 4.69) is 28.1 Å². The van der Waals surface area contributed by atoms with Gasteiger partial charge in [-0.3, -0.25) is 4.79 Å². The number of nitrogens with two attached hydrogens (primary N) is 1. The minimum Gasteiger partial charge on any atom is -0.383 e. The van der Waals surface area contributed by atoms with Crippen LogP contribution in [0.5, 0.6) is 0 Å². The first-order valence-corrected chi connectivity index (χ1v) is 12.9. The maximum Gasteiger partial charge on any atom is 0.256 e. The number of piperidine rings is 1. The van der Waals surface area contributed by atoms with Crippen molar-refractivity contribution >= 4 is 40.6 Å². The fourth-order valence-corrected chi connectivity index (χ4v) is 5.88. The molecule has 1 aliphatic heterocycles. The van der Waals surface area contributed by atoms with Crippen LogP contribution in [0.2, 0.25) is 0 Å². The van der Waals surface area contributed by atoms with E-state index < -0.39 is 0 Å². The van der Waals surface area contributed by atoms with Gasteiger partial charge in [-0.1, -0.05) is 30.3 Å². The average molecular weight is 528 g/mol. The second-order valence-corrected chi connectivity index (χ2v) is 9.98. The SMILES string of the molecule is COCCn1cc(C(=O)N2CCC(c3cc(CN)ccc3F)CC2)c2c(-c3cccs3)cccc21.Cl. The minimum absolute atomic E-state index is 0. The Kier molecular flexibility index (Phi) is 8.46. The van der Waals surface area contributed by atoms with Crippen molar-refractivity contribution in [3.8, 4) is 10.4 Å². The molecule has 2 aromatic carbocycles. The number of methoxy groups -OCH3 is 1. The predicted molar refractivity (Wildman–Crippen MR) is 147 cm³/mol. The number of hydrogen-bond donors (Lipinski definition) is 1. The van der Waals surface area contributed by atoms with Gasteiger partial charge in [0.15, 0.2) is 0 Å². The summed E-state index contributed by atoms with van der Waals surface area (Å²) in [6.07, 6.45) is 3.44. The maximum atomic E-state index is 14.5. The van der Waals surface area contributed by atoms with Gasteiger partial charge in [-0.15, -0.1) is 23.7 Å². The summed E-state index contributed by atoms with van der Waals surface area (Å²) in [6, 6.07) is 15.5. The second-order valence-electron chi connectivity index (χ2n) is 9.03. The van der Waals surface area contributed by atoms with Gasteiger partial charge in [0.25, 0.3) is 5.91 Å². The summed E-state index contributed by atoms with van der Waals surface area (Å²) >= 11 is 1.67. The number of rotatable bonds is 7. The molecule has 0 aliphatic carbocycles. The quantitative estimate of drug-likeness (QED) is 0.318. The fraction of sp³-hybridized carbons (Fsp3) is 0.321. The Morgan fingerprint density at radius 1 is 1.17 bits per heavy atom. The number of nitrogens with zero attached hydrogens (tertiary/aromatic N) is 2. The number of carbonyl (C=O) groups excluding carboxylic acids is 1. The van der Waals surface area contributed by atoms with Gasteiger partial charge >= 0.3 is 0 Å². The molecule has 1 amide bonds. The average Bonchev–Trinajstić information content (AvgIpc) is 3.56. The number of benzene rings is 2. The molecule has 0 radical (unpaired) electrons. The molecule has 5 rings (SSSR count). The van der Waals surface area contributed by atoms with Gasteiger partial charge in [0.1, 0.15) is 5.82 Å². The van der Waals surface area contributed by atoms with Crippen molar-refractivity contribution in [2.75, 3.05) is 26.8 Å². The maximum absolute atomic E-state index is 14.5. The molecule has 0 spiro atoms. The van der Waals surface area contributed by atoms with E-state index in [1.165, 1.54) is 6.07 Å². The van der Waals surface area contributed by atoms with Crippen LogP contribution < -0.4 is 5.73 Å². The highest BCUT2D eigenvalue weighted by Crippen LogP contribution is 2.37. The topological polar surface area (TPSA) is 60.5 Å². The fourth-order valence-electron chi connectivity index (χ4n) is 5.12. The van der Waals surface area contributed by atoms with E-state index in [1.807, 2.05) is 29.3 Å². The molecular weight excluding hydrogens is 497 g/mol. The number of thiophene rings is 1. The van der Waals surface area contributed by atoms with Crippen LogP contribution in [0.3, 0.4) is 0 Å². The molecule has 190 valence electrons. The van der Waals surface area contributed by atoms with E-state index in [0.29, 0.717) is 32.8 Å². The Labute approximate surface area is 221 Å². The third-order valence-electron chi connectivity index (χ3n) is 6.98. The van der Waals surface area contributed by atoms with Crippen molar-refractivity contribution in [2.24, 2.45) is 5.73 Å². The lowest BCUT2D eigenvalue weighted by Crippen LogP contribution is -2.38. The Morgan fingerprint density at radius 3 is 2.67 bits per heavy atom. The highest BCUT2D eigenvalue weighted by molar-refractivity contribution is 7.13. The lowest BCUT2D eigenvalue weighted by Gasteiger charge is -2.32.